The van der Waals surface area contributed by atoms with E-state index in [0.717, 1.165) is 6.07 Å². The summed E-state index contributed by atoms with van der Waals surface area (Å²) in [7, 11) is 0. The summed E-state index contributed by atoms with van der Waals surface area (Å²) in [5.74, 6) is -2.61. The van der Waals surface area contributed by atoms with Gasteiger partial charge < -0.3 is 10.4 Å². The summed E-state index contributed by atoms with van der Waals surface area (Å²) in [6.07, 6.45) is 0.508. The molecule has 2 rings (SSSR count). The first kappa shape index (κ1) is 13.9. The van der Waals surface area contributed by atoms with Crippen molar-refractivity contribution in [2.24, 2.45) is 5.92 Å². The molecule has 3 nitrogen and oxygen atoms in total. The lowest BCUT2D eigenvalue weighted by Gasteiger charge is -2.23. The van der Waals surface area contributed by atoms with Crippen LogP contribution >= 0.6 is 0 Å². The Morgan fingerprint density at radius 3 is 2.79 bits per heavy atom. The topological polar surface area (TPSA) is 49.3 Å². The van der Waals surface area contributed by atoms with Gasteiger partial charge in [-0.05, 0) is 37.8 Å². The lowest BCUT2D eigenvalue weighted by molar-refractivity contribution is -0.124. The highest BCUT2D eigenvalue weighted by atomic mass is 19.2. The second-order valence-corrected chi connectivity index (χ2v) is 5.62. The van der Waals surface area contributed by atoms with Gasteiger partial charge in [-0.25, -0.2) is 8.78 Å². The van der Waals surface area contributed by atoms with E-state index >= 15 is 0 Å². The van der Waals surface area contributed by atoms with E-state index in [1.807, 2.05) is 0 Å². The monoisotopic (exact) mass is 269 g/mol. The normalized spacial score (nSPS) is 22.2. The summed E-state index contributed by atoms with van der Waals surface area (Å²) in [6, 6.07) is 4.01. The van der Waals surface area contributed by atoms with Crippen LogP contribution in [0.15, 0.2) is 18.2 Å². The van der Waals surface area contributed by atoms with Crippen molar-refractivity contribution in [3.8, 4) is 0 Å². The Bertz CT molecular complexity index is 502. The van der Waals surface area contributed by atoms with Crippen molar-refractivity contribution in [2.75, 3.05) is 6.61 Å². The molecule has 1 saturated carbocycles. The van der Waals surface area contributed by atoms with Crippen LogP contribution in [0.2, 0.25) is 0 Å². The maximum absolute atomic E-state index is 13.6. The van der Waals surface area contributed by atoms with E-state index in [2.05, 4.69) is 5.32 Å². The van der Waals surface area contributed by atoms with Crippen LogP contribution in [0.4, 0.5) is 8.78 Å². The van der Waals surface area contributed by atoms with Crippen molar-refractivity contribution in [2.45, 2.75) is 31.7 Å². The second kappa shape index (κ2) is 4.89. The van der Waals surface area contributed by atoms with E-state index < -0.39 is 17.2 Å². The lowest BCUT2D eigenvalue weighted by atomic mass is 10.1. The first-order valence-corrected chi connectivity index (χ1v) is 6.22. The quantitative estimate of drug-likeness (QED) is 0.877. The molecule has 2 unspecified atom stereocenters. The Labute approximate surface area is 110 Å². The molecule has 1 aliphatic rings. The van der Waals surface area contributed by atoms with E-state index in [9.17, 15) is 13.6 Å². The van der Waals surface area contributed by atoms with E-state index in [4.69, 9.17) is 5.11 Å². The minimum atomic E-state index is -0.890. The van der Waals surface area contributed by atoms with Gasteiger partial charge in [-0.2, -0.15) is 0 Å². The standard InChI is InChI=1S/C14H17F2NO2/c1-14(2,7-18)17-13(19)10-6-9(10)8-4-3-5-11(15)12(8)16/h3-5,9-10,18H,6-7H2,1-2H3,(H,17,19). The summed E-state index contributed by atoms with van der Waals surface area (Å²) in [5, 5.41) is 11.8. The molecule has 19 heavy (non-hydrogen) atoms. The van der Waals surface area contributed by atoms with Crippen LogP contribution in [0, 0.1) is 17.6 Å². The van der Waals surface area contributed by atoms with Crippen LogP contribution in [0.3, 0.4) is 0 Å². The average molecular weight is 269 g/mol. The average Bonchev–Trinajstić information content (AvgIpc) is 3.12. The number of nitrogens with one attached hydrogen (secondary N) is 1. The Morgan fingerprint density at radius 2 is 2.16 bits per heavy atom. The van der Waals surface area contributed by atoms with Gasteiger partial charge in [0.05, 0.1) is 12.1 Å². The Balaban J connectivity index is 2.05. The van der Waals surface area contributed by atoms with Gasteiger partial charge in [0.1, 0.15) is 0 Å². The Hall–Kier alpha value is -1.49. The molecule has 104 valence electrons. The third-order valence-corrected chi connectivity index (χ3v) is 3.37. The number of rotatable bonds is 4. The largest absolute Gasteiger partial charge is 0.394 e. The van der Waals surface area contributed by atoms with Crippen LogP contribution in [0.5, 0.6) is 0 Å². The van der Waals surface area contributed by atoms with Gasteiger partial charge in [-0.3, -0.25) is 4.79 Å². The highest BCUT2D eigenvalue weighted by molar-refractivity contribution is 5.83. The van der Waals surface area contributed by atoms with Crippen LogP contribution in [-0.2, 0) is 4.79 Å². The number of halogens is 2. The lowest BCUT2D eigenvalue weighted by Crippen LogP contribution is -2.47. The minimum Gasteiger partial charge on any atom is -0.394 e. The smallest absolute Gasteiger partial charge is 0.224 e. The molecule has 1 aromatic rings. The van der Waals surface area contributed by atoms with Gasteiger partial charge in [-0.15, -0.1) is 0 Å². The molecule has 1 aromatic carbocycles. The molecule has 0 bridgehead atoms. The number of amides is 1. The summed E-state index contributed by atoms with van der Waals surface area (Å²) < 4.78 is 26.7. The maximum atomic E-state index is 13.6. The van der Waals surface area contributed by atoms with Crippen LogP contribution in [-0.4, -0.2) is 23.2 Å². The van der Waals surface area contributed by atoms with Gasteiger partial charge >= 0.3 is 0 Å². The number of benzene rings is 1. The predicted molar refractivity (Wildman–Crippen MR) is 66.5 cm³/mol. The van der Waals surface area contributed by atoms with Crippen LogP contribution < -0.4 is 5.32 Å². The van der Waals surface area contributed by atoms with E-state index in [0.29, 0.717) is 6.42 Å². The van der Waals surface area contributed by atoms with Crippen LogP contribution in [0.25, 0.3) is 0 Å². The summed E-state index contributed by atoms with van der Waals surface area (Å²) in [5.41, 5.74) is -0.452. The Morgan fingerprint density at radius 1 is 1.47 bits per heavy atom. The molecule has 0 aliphatic heterocycles. The van der Waals surface area contributed by atoms with Gasteiger partial charge in [-0.1, -0.05) is 12.1 Å². The van der Waals surface area contributed by atoms with Crippen molar-refractivity contribution in [1.29, 1.82) is 0 Å². The van der Waals surface area contributed by atoms with Crippen molar-refractivity contribution in [3.05, 3.63) is 35.4 Å². The summed E-state index contributed by atoms with van der Waals surface area (Å²) in [4.78, 5) is 11.9. The molecule has 0 radical (unpaired) electrons. The second-order valence-electron chi connectivity index (χ2n) is 5.62. The molecule has 1 aliphatic carbocycles. The SMILES string of the molecule is CC(C)(CO)NC(=O)C1CC1c1cccc(F)c1F. The van der Waals surface area contributed by atoms with Crippen molar-refractivity contribution in [3.63, 3.8) is 0 Å². The molecule has 5 heteroatoms. The molecule has 1 fully saturated rings. The van der Waals surface area contributed by atoms with E-state index in [1.54, 1.807) is 13.8 Å². The molecular weight excluding hydrogens is 252 g/mol. The number of carbonyl (C=O) groups is 1. The van der Waals surface area contributed by atoms with E-state index in [-0.39, 0.29) is 29.9 Å². The fraction of sp³-hybridized carbons (Fsp3) is 0.500. The number of hydrogen-bond donors (Lipinski definition) is 2. The van der Waals surface area contributed by atoms with Crippen molar-refractivity contribution >= 4 is 5.91 Å². The zero-order valence-corrected chi connectivity index (χ0v) is 10.9. The number of carbonyl (C=O) groups excluding carboxylic acids is 1. The summed E-state index contributed by atoms with van der Waals surface area (Å²) in [6.45, 7) is 3.22. The predicted octanol–water partition coefficient (Wildman–Crippen LogP) is 1.96. The van der Waals surface area contributed by atoms with Gasteiger partial charge in [0.15, 0.2) is 11.6 Å². The highest BCUT2D eigenvalue weighted by Crippen LogP contribution is 2.48. The molecular formula is C14H17F2NO2. The van der Waals surface area contributed by atoms with Crippen molar-refractivity contribution < 1.29 is 18.7 Å². The van der Waals surface area contributed by atoms with Crippen molar-refractivity contribution in [1.82, 2.24) is 5.32 Å². The zero-order valence-electron chi connectivity index (χ0n) is 10.9. The van der Waals surface area contributed by atoms with Crippen LogP contribution in [0.1, 0.15) is 31.7 Å². The fourth-order valence-corrected chi connectivity index (χ4v) is 2.10. The molecule has 0 saturated heterocycles. The van der Waals surface area contributed by atoms with Gasteiger partial charge in [0.2, 0.25) is 5.91 Å². The van der Waals surface area contributed by atoms with E-state index in [1.165, 1.54) is 12.1 Å². The molecule has 0 spiro atoms. The molecule has 2 atom stereocenters. The molecule has 0 aromatic heterocycles. The molecule has 2 N–H and O–H groups in total. The van der Waals surface area contributed by atoms with Gasteiger partial charge in [0.25, 0.3) is 0 Å². The first-order chi connectivity index (χ1) is 8.85. The molecule has 1 amide bonds. The summed E-state index contributed by atoms with van der Waals surface area (Å²) >= 11 is 0. The number of hydrogen-bond acceptors (Lipinski definition) is 2. The zero-order chi connectivity index (χ0) is 14.2. The minimum absolute atomic E-state index is 0.176. The first-order valence-electron chi connectivity index (χ1n) is 6.22. The number of aliphatic hydroxyl groups excluding tert-OH is 1. The Kier molecular flexibility index (Phi) is 3.58. The maximum Gasteiger partial charge on any atom is 0.224 e. The third-order valence-electron chi connectivity index (χ3n) is 3.37. The third kappa shape index (κ3) is 2.92. The van der Waals surface area contributed by atoms with Gasteiger partial charge in [0, 0.05) is 5.92 Å². The number of aliphatic hydroxyl groups is 1. The fourth-order valence-electron chi connectivity index (χ4n) is 2.10. The molecule has 0 heterocycles. The highest BCUT2D eigenvalue weighted by Gasteiger charge is 2.46.